The Morgan fingerprint density at radius 1 is 1.44 bits per heavy atom. The van der Waals surface area contributed by atoms with E-state index in [0.29, 0.717) is 5.92 Å². The van der Waals surface area contributed by atoms with Gasteiger partial charge in [-0.05, 0) is 36.0 Å². The van der Waals surface area contributed by atoms with Crippen molar-refractivity contribution in [1.29, 1.82) is 0 Å². The number of benzene rings is 1. The highest BCUT2D eigenvalue weighted by Crippen LogP contribution is 2.39. The molecule has 1 aliphatic carbocycles. The summed E-state index contributed by atoms with van der Waals surface area (Å²) in [6, 6.07) is 8.23. The zero-order valence-corrected chi connectivity index (χ0v) is 10.4. The van der Waals surface area contributed by atoms with E-state index in [0.717, 1.165) is 10.9 Å². The van der Waals surface area contributed by atoms with Crippen LogP contribution in [0.25, 0.3) is 0 Å². The average molecular weight is 239 g/mol. The summed E-state index contributed by atoms with van der Waals surface area (Å²) in [6.07, 6.45) is 3.87. The predicted octanol–water partition coefficient (Wildman–Crippen LogP) is 3.28. The lowest BCUT2D eigenvalue weighted by Crippen LogP contribution is -2.34. The first-order valence-corrected chi connectivity index (χ1v) is 6.31. The lowest BCUT2D eigenvalue weighted by molar-refractivity contribution is 0.304. The molecule has 0 radical (unpaired) electrons. The second kappa shape index (κ2) is 5.17. The van der Waals surface area contributed by atoms with Gasteiger partial charge in [-0.15, -0.1) is 0 Å². The Labute approximate surface area is 102 Å². The van der Waals surface area contributed by atoms with Gasteiger partial charge in [0.05, 0.1) is 0 Å². The molecule has 1 fully saturated rings. The molecule has 0 saturated heterocycles. The molecule has 1 saturated carbocycles. The van der Waals surface area contributed by atoms with E-state index in [1.807, 2.05) is 18.2 Å². The molecule has 0 bridgehead atoms. The van der Waals surface area contributed by atoms with Crippen molar-refractivity contribution in [2.75, 3.05) is 0 Å². The summed E-state index contributed by atoms with van der Waals surface area (Å²) >= 11 is 6.02. The summed E-state index contributed by atoms with van der Waals surface area (Å²) in [5.41, 5.74) is 4.16. The van der Waals surface area contributed by atoms with Gasteiger partial charge < -0.3 is 0 Å². The van der Waals surface area contributed by atoms with Crippen molar-refractivity contribution in [2.45, 2.75) is 32.2 Å². The van der Waals surface area contributed by atoms with E-state index in [1.54, 1.807) is 0 Å². The minimum absolute atomic E-state index is 0.233. The van der Waals surface area contributed by atoms with Gasteiger partial charge in [0.15, 0.2) is 0 Å². The fraction of sp³-hybridized carbons (Fsp3) is 0.538. The second-order valence-corrected chi connectivity index (χ2v) is 5.21. The molecule has 3 unspecified atom stereocenters. The first-order chi connectivity index (χ1) is 7.72. The lowest BCUT2D eigenvalue weighted by Gasteiger charge is -2.26. The van der Waals surface area contributed by atoms with Crippen molar-refractivity contribution < 1.29 is 0 Å². The molecule has 3 heteroatoms. The normalized spacial score (nSPS) is 26.9. The first-order valence-electron chi connectivity index (χ1n) is 5.94. The van der Waals surface area contributed by atoms with Crippen LogP contribution in [-0.2, 0) is 0 Å². The number of hydrogen-bond acceptors (Lipinski definition) is 2. The van der Waals surface area contributed by atoms with Crippen LogP contribution in [0.3, 0.4) is 0 Å². The van der Waals surface area contributed by atoms with Crippen molar-refractivity contribution in [3.63, 3.8) is 0 Å². The highest BCUT2D eigenvalue weighted by molar-refractivity contribution is 6.30. The summed E-state index contributed by atoms with van der Waals surface area (Å²) in [6.45, 7) is 2.31. The molecule has 3 N–H and O–H groups in total. The molecule has 2 rings (SSSR count). The Hall–Kier alpha value is -0.570. The van der Waals surface area contributed by atoms with Gasteiger partial charge in [0.25, 0.3) is 0 Å². The number of halogens is 1. The van der Waals surface area contributed by atoms with Crippen LogP contribution in [0.15, 0.2) is 24.3 Å². The van der Waals surface area contributed by atoms with Crippen molar-refractivity contribution in [1.82, 2.24) is 5.43 Å². The third-order valence-electron chi connectivity index (χ3n) is 3.74. The number of hydrazine groups is 1. The Morgan fingerprint density at radius 3 is 2.81 bits per heavy atom. The SMILES string of the molecule is CC1CCCC1C(NN)c1cccc(Cl)c1. The van der Waals surface area contributed by atoms with Crippen LogP contribution in [0, 0.1) is 11.8 Å². The largest absolute Gasteiger partial charge is 0.271 e. The maximum absolute atomic E-state index is 6.02. The van der Waals surface area contributed by atoms with Crippen molar-refractivity contribution >= 4 is 11.6 Å². The maximum Gasteiger partial charge on any atom is 0.0491 e. The zero-order chi connectivity index (χ0) is 11.5. The van der Waals surface area contributed by atoms with Crippen LogP contribution in [0.1, 0.15) is 37.8 Å². The molecule has 0 amide bonds. The molecule has 16 heavy (non-hydrogen) atoms. The zero-order valence-electron chi connectivity index (χ0n) is 9.62. The van der Waals surface area contributed by atoms with Gasteiger partial charge in [-0.1, -0.05) is 43.5 Å². The third kappa shape index (κ3) is 2.40. The van der Waals surface area contributed by atoms with Gasteiger partial charge in [-0.25, -0.2) is 0 Å². The number of hydrogen-bond donors (Lipinski definition) is 2. The highest BCUT2D eigenvalue weighted by atomic mass is 35.5. The van der Waals surface area contributed by atoms with Crippen molar-refractivity contribution in [2.24, 2.45) is 17.7 Å². The maximum atomic E-state index is 6.02. The number of nitrogens with two attached hydrogens (primary N) is 1. The average Bonchev–Trinajstić information content (AvgIpc) is 2.67. The van der Waals surface area contributed by atoms with E-state index in [2.05, 4.69) is 18.4 Å². The number of nitrogens with one attached hydrogen (secondary N) is 1. The van der Waals surface area contributed by atoms with Gasteiger partial charge in [0.2, 0.25) is 0 Å². The van der Waals surface area contributed by atoms with Gasteiger partial charge in [-0.2, -0.15) is 0 Å². The standard InChI is InChI=1S/C13H19ClN2/c1-9-4-2-7-12(9)13(16-15)10-5-3-6-11(14)8-10/h3,5-6,8-9,12-13,16H,2,4,7,15H2,1H3. The quantitative estimate of drug-likeness (QED) is 0.627. The van der Waals surface area contributed by atoms with Gasteiger partial charge >= 0.3 is 0 Å². The Bertz CT molecular complexity index is 354. The fourth-order valence-electron chi connectivity index (χ4n) is 2.84. The summed E-state index contributed by atoms with van der Waals surface area (Å²) in [5.74, 6) is 7.07. The molecule has 3 atom stereocenters. The van der Waals surface area contributed by atoms with Crippen LogP contribution < -0.4 is 11.3 Å². The molecule has 0 aromatic heterocycles. The topological polar surface area (TPSA) is 38.0 Å². The monoisotopic (exact) mass is 238 g/mol. The van der Waals surface area contributed by atoms with Crippen molar-refractivity contribution in [3.8, 4) is 0 Å². The van der Waals surface area contributed by atoms with Crippen LogP contribution in [0.4, 0.5) is 0 Å². The molecule has 88 valence electrons. The van der Waals surface area contributed by atoms with E-state index < -0.39 is 0 Å². The van der Waals surface area contributed by atoms with Gasteiger partial charge in [-0.3, -0.25) is 11.3 Å². The van der Waals surface area contributed by atoms with E-state index in [-0.39, 0.29) is 6.04 Å². The summed E-state index contributed by atoms with van der Waals surface area (Å²) < 4.78 is 0. The van der Waals surface area contributed by atoms with Gasteiger partial charge in [0.1, 0.15) is 0 Å². The Balaban J connectivity index is 2.21. The highest BCUT2D eigenvalue weighted by Gasteiger charge is 2.31. The minimum Gasteiger partial charge on any atom is -0.271 e. The van der Waals surface area contributed by atoms with Crippen LogP contribution in [0.5, 0.6) is 0 Å². The van der Waals surface area contributed by atoms with Crippen molar-refractivity contribution in [3.05, 3.63) is 34.9 Å². The van der Waals surface area contributed by atoms with E-state index in [1.165, 1.54) is 24.8 Å². The molecule has 0 aliphatic heterocycles. The van der Waals surface area contributed by atoms with Gasteiger partial charge in [0, 0.05) is 11.1 Å². The molecular formula is C13H19ClN2. The molecule has 1 aromatic carbocycles. The Kier molecular flexibility index (Phi) is 3.85. The summed E-state index contributed by atoms with van der Waals surface area (Å²) in [7, 11) is 0. The van der Waals surface area contributed by atoms with E-state index >= 15 is 0 Å². The van der Waals surface area contributed by atoms with E-state index in [9.17, 15) is 0 Å². The Morgan fingerprint density at radius 2 is 2.25 bits per heavy atom. The molecule has 0 heterocycles. The van der Waals surface area contributed by atoms with E-state index in [4.69, 9.17) is 17.4 Å². The third-order valence-corrected chi connectivity index (χ3v) is 3.98. The van der Waals surface area contributed by atoms with Crippen LogP contribution in [0.2, 0.25) is 5.02 Å². The molecule has 0 spiro atoms. The number of rotatable bonds is 3. The summed E-state index contributed by atoms with van der Waals surface area (Å²) in [4.78, 5) is 0. The molecule has 1 aliphatic rings. The predicted molar refractivity (Wildman–Crippen MR) is 68.0 cm³/mol. The summed E-state index contributed by atoms with van der Waals surface area (Å²) in [5, 5.41) is 0.781. The molecule has 2 nitrogen and oxygen atoms in total. The fourth-order valence-corrected chi connectivity index (χ4v) is 3.04. The molecule has 1 aromatic rings. The lowest BCUT2D eigenvalue weighted by atomic mass is 9.86. The van der Waals surface area contributed by atoms with Crippen LogP contribution in [-0.4, -0.2) is 0 Å². The second-order valence-electron chi connectivity index (χ2n) is 4.77. The molecular weight excluding hydrogens is 220 g/mol. The first kappa shape index (κ1) is 11.9. The van der Waals surface area contributed by atoms with Crippen LogP contribution >= 0.6 is 11.6 Å². The smallest absolute Gasteiger partial charge is 0.0491 e. The minimum atomic E-state index is 0.233.